The minimum Gasteiger partial charge on any atom is -0.324 e. The van der Waals surface area contributed by atoms with E-state index in [9.17, 15) is 4.79 Å². The minimum absolute atomic E-state index is 0.106. The molecule has 0 aliphatic heterocycles. The van der Waals surface area contributed by atoms with Crippen LogP contribution in [-0.4, -0.2) is 10.9 Å². The second-order valence-corrected chi connectivity index (χ2v) is 5.47. The summed E-state index contributed by atoms with van der Waals surface area (Å²) in [5.41, 5.74) is 7.06. The van der Waals surface area contributed by atoms with Gasteiger partial charge in [0, 0.05) is 5.38 Å². The van der Waals surface area contributed by atoms with Gasteiger partial charge in [-0.15, -0.1) is 11.3 Å². The van der Waals surface area contributed by atoms with E-state index in [2.05, 4.69) is 10.3 Å². The van der Waals surface area contributed by atoms with E-state index in [1.165, 1.54) is 11.3 Å². The maximum absolute atomic E-state index is 11.9. The standard InChI is InChI=1S/C13H14ClN3OS/c1-8(15)13-16-9(7-19-13)6-12(18)17-11-5-3-2-4-10(11)14/h2-5,7-8H,6,15H2,1H3,(H,17,18). The molecule has 0 bridgehead atoms. The predicted octanol–water partition coefficient (Wildman–Crippen LogP) is 3.00. The fraction of sp³-hybridized carbons (Fsp3) is 0.231. The van der Waals surface area contributed by atoms with E-state index >= 15 is 0 Å². The Labute approximate surface area is 120 Å². The van der Waals surface area contributed by atoms with Crippen LogP contribution in [0.1, 0.15) is 23.7 Å². The zero-order valence-corrected chi connectivity index (χ0v) is 12.0. The second kappa shape index (κ2) is 6.14. The van der Waals surface area contributed by atoms with Crippen LogP contribution in [-0.2, 0) is 11.2 Å². The molecule has 0 aliphatic carbocycles. The van der Waals surface area contributed by atoms with Crippen LogP contribution >= 0.6 is 22.9 Å². The van der Waals surface area contributed by atoms with Crippen molar-refractivity contribution in [2.75, 3.05) is 5.32 Å². The fourth-order valence-electron chi connectivity index (χ4n) is 1.53. The van der Waals surface area contributed by atoms with Crippen molar-refractivity contribution in [1.82, 2.24) is 4.98 Å². The number of aromatic nitrogens is 1. The van der Waals surface area contributed by atoms with E-state index in [1.54, 1.807) is 12.1 Å². The third-order valence-electron chi connectivity index (χ3n) is 2.45. The Morgan fingerprint density at radius 2 is 2.26 bits per heavy atom. The molecule has 1 amide bonds. The summed E-state index contributed by atoms with van der Waals surface area (Å²) >= 11 is 7.44. The molecule has 0 aliphatic rings. The number of hydrogen-bond donors (Lipinski definition) is 2. The summed E-state index contributed by atoms with van der Waals surface area (Å²) in [5.74, 6) is -0.144. The highest BCUT2D eigenvalue weighted by molar-refractivity contribution is 7.09. The van der Waals surface area contributed by atoms with Crippen molar-refractivity contribution in [3.8, 4) is 0 Å². The van der Waals surface area contributed by atoms with E-state index in [0.29, 0.717) is 10.7 Å². The molecule has 3 N–H and O–H groups in total. The van der Waals surface area contributed by atoms with E-state index in [1.807, 2.05) is 24.4 Å². The Hall–Kier alpha value is -1.43. The van der Waals surface area contributed by atoms with Crippen molar-refractivity contribution in [2.45, 2.75) is 19.4 Å². The van der Waals surface area contributed by atoms with Gasteiger partial charge in [-0.3, -0.25) is 4.79 Å². The molecule has 4 nitrogen and oxygen atoms in total. The molecule has 19 heavy (non-hydrogen) atoms. The fourth-order valence-corrected chi connectivity index (χ4v) is 2.49. The molecule has 0 spiro atoms. The van der Waals surface area contributed by atoms with Gasteiger partial charge in [-0.25, -0.2) is 4.98 Å². The molecule has 1 heterocycles. The van der Waals surface area contributed by atoms with E-state index in [4.69, 9.17) is 17.3 Å². The molecule has 0 saturated heterocycles. The molecule has 1 atom stereocenters. The van der Waals surface area contributed by atoms with Gasteiger partial charge < -0.3 is 11.1 Å². The quantitative estimate of drug-likeness (QED) is 0.911. The zero-order valence-electron chi connectivity index (χ0n) is 10.4. The Morgan fingerprint density at radius 1 is 1.53 bits per heavy atom. The number of benzene rings is 1. The lowest BCUT2D eigenvalue weighted by Gasteiger charge is -2.05. The first-order valence-corrected chi connectivity index (χ1v) is 7.06. The maximum Gasteiger partial charge on any atom is 0.230 e. The van der Waals surface area contributed by atoms with E-state index in [0.717, 1.165) is 10.7 Å². The van der Waals surface area contributed by atoms with E-state index in [-0.39, 0.29) is 18.4 Å². The van der Waals surface area contributed by atoms with Crippen LogP contribution in [0, 0.1) is 0 Å². The van der Waals surface area contributed by atoms with Crippen LogP contribution in [0.2, 0.25) is 5.02 Å². The lowest BCUT2D eigenvalue weighted by Crippen LogP contribution is -2.15. The summed E-state index contributed by atoms with van der Waals surface area (Å²) in [6, 6.07) is 7.01. The molecule has 0 radical (unpaired) electrons. The number of carbonyl (C=O) groups excluding carboxylic acids is 1. The number of para-hydroxylation sites is 1. The number of nitrogens with zero attached hydrogens (tertiary/aromatic N) is 1. The van der Waals surface area contributed by atoms with Gasteiger partial charge in [0.2, 0.25) is 5.91 Å². The number of nitrogens with two attached hydrogens (primary N) is 1. The molecule has 1 unspecified atom stereocenters. The van der Waals surface area contributed by atoms with Gasteiger partial charge in [0.05, 0.1) is 28.9 Å². The highest BCUT2D eigenvalue weighted by Gasteiger charge is 2.11. The monoisotopic (exact) mass is 295 g/mol. The van der Waals surface area contributed by atoms with Crippen LogP contribution in [0.4, 0.5) is 5.69 Å². The molecule has 1 aromatic heterocycles. The van der Waals surface area contributed by atoms with E-state index < -0.39 is 0 Å². The smallest absolute Gasteiger partial charge is 0.230 e. The summed E-state index contributed by atoms with van der Waals surface area (Å²) in [5, 5.41) is 5.96. The number of rotatable bonds is 4. The normalized spacial score (nSPS) is 12.2. The topological polar surface area (TPSA) is 68.0 Å². The van der Waals surface area contributed by atoms with Crippen molar-refractivity contribution in [3.63, 3.8) is 0 Å². The molecule has 0 fully saturated rings. The van der Waals surface area contributed by atoms with Crippen molar-refractivity contribution in [1.29, 1.82) is 0 Å². The zero-order chi connectivity index (χ0) is 13.8. The highest BCUT2D eigenvalue weighted by Crippen LogP contribution is 2.21. The first-order chi connectivity index (χ1) is 9.06. The lowest BCUT2D eigenvalue weighted by molar-refractivity contribution is -0.115. The Morgan fingerprint density at radius 3 is 2.89 bits per heavy atom. The molecule has 1 aromatic carbocycles. The number of hydrogen-bond acceptors (Lipinski definition) is 4. The molecule has 0 saturated carbocycles. The maximum atomic E-state index is 11.9. The van der Waals surface area contributed by atoms with Gasteiger partial charge in [-0.1, -0.05) is 23.7 Å². The molecular weight excluding hydrogens is 282 g/mol. The predicted molar refractivity (Wildman–Crippen MR) is 78.5 cm³/mol. The number of nitrogens with one attached hydrogen (secondary N) is 1. The number of carbonyl (C=O) groups is 1. The van der Waals surface area contributed by atoms with Gasteiger partial charge >= 0.3 is 0 Å². The lowest BCUT2D eigenvalue weighted by atomic mass is 10.3. The average Bonchev–Trinajstić information content (AvgIpc) is 2.80. The summed E-state index contributed by atoms with van der Waals surface area (Å²) in [6.45, 7) is 1.87. The van der Waals surface area contributed by atoms with Crippen molar-refractivity contribution < 1.29 is 4.79 Å². The number of anilines is 1. The Balaban J connectivity index is 1.99. The van der Waals surface area contributed by atoms with Crippen LogP contribution in [0.15, 0.2) is 29.6 Å². The van der Waals surface area contributed by atoms with Crippen molar-refractivity contribution >= 4 is 34.5 Å². The minimum atomic E-state index is -0.144. The largest absolute Gasteiger partial charge is 0.324 e. The summed E-state index contributed by atoms with van der Waals surface area (Å²) in [6.07, 6.45) is 0.217. The number of thiazole rings is 1. The molecule has 100 valence electrons. The Bertz CT molecular complexity index is 583. The van der Waals surface area contributed by atoms with Crippen LogP contribution in [0.3, 0.4) is 0 Å². The molecule has 6 heteroatoms. The molecular formula is C13H14ClN3OS. The molecule has 2 aromatic rings. The third kappa shape index (κ3) is 3.76. The van der Waals surface area contributed by atoms with Crippen molar-refractivity contribution in [3.05, 3.63) is 45.4 Å². The number of halogens is 1. The Kier molecular flexibility index (Phi) is 4.52. The average molecular weight is 296 g/mol. The summed E-state index contributed by atoms with van der Waals surface area (Å²) in [4.78, 5) is 16.2. The summed E-state index contributed by atoms with van der Waals surface area (Å²) in [7, 11) is 0. The van der Waals surface area contributed by atoms with Crippen LogP contribution < -0.4 is 11.1 Å². The first kappa shape index (κ1) is 14.0. The SMILES string of the molecule is CC(N)c1nc(CC(=O)Nc2ccccc2Cl)cs1. The number of amides is 1. The van der Waals surface area contributed by atoms with Crippen LogP contribution in [0.5, 0.6) is 0 Å². The summed E-state index contributed by atoms with van der Waals surface area (Å²) < 4.78 is 0. The van der Waals surface area contributed by atoms with Crippen LogP contribution in [0.25, 0.3) is 0 Å². The second-order valence-electron chi connectivity index (χ2n) is 4.17. The van der Waals surface area contributed by atoms with Crippen molar-refractivity contribution in [2.24, 2.45) is 5.73 Å². The molecule has 2 rings (SSSR count). The first-order valence-electron chi connectivity index (χ1n) is 5.80. The van der Waals surface area contributed by atoms with Gasteiger partial charge in [0.1, 0.15) is 5.01 Å². The van der Waals surface area contributed by atoms with Gasteiger partial charge in [-0.2, -0.15) is 0 Å². The van der Waals surface area contributed by atoms with Gasteiger partial charge in [0.15, 0.2) is 0 Å². The highest BCUT2D eigenvalue weighted by atomic mass is 35.5. The van der Waals surface area contributed by atoms with Gasteiger partial charge in [-0.05, 0) is 19.1 Å². The van der Waals surface area contributed by atoms with Gasteiger partial charge in [0.25, 0.3) is 0 Å². The third-order valence-corrected chi connectivity index (χ3v) is 3.87.